The largest absolute Gasteiger partial charge is 0.484 e. The highest BCUT2D eigenvalue weighted by molar-refractivity contribution is 5.83. The topological polar surface area (TPSA) is 55.6 Å². The third-order valence-corrected chi connectivity index (χ3v) is 4.80. The fourth-order valence-corrected chi connectivity index (χ4v) is 3.27. The molecule has 0 spiro atoms. The molecule has 0 fully saturated rings. The van der Waals surface area contributed by atoms with Gasteiger partial charge in [-0.05, 0) is 48.4 Å². The summed E-state index contributed by atoms with van der Waals surface area (Å²) in [6.07, 6.45) is 3.60. The number of aryl methyl sites for hydroxylation is 1. The minimum Gasteiger partial charge on any atom is -0.484 e. The number of hydrogen-bond acceptors (Lipinski definition) is 3. The molecular weight excluding hydrogens is 386 g/mol. The first-order valence-electron chi connectivity index (χ1n) is 10.0. The van der Waals surface area contributed by atoms with E-state index in [1.165, 1.54) is 0 Å². The van der Waals surface area contributed by atoms with E-state index in [0.717, 1.165) is 28.1 Å². The van der Waals surface area contributed by atoms with Crippen molar-refractivity contribution in [1.29, 1.82) is 0 Å². The molecule has 4 aromatic rings. The number of carbonyl (C=O) groups excluding carboxylic acids is 1. The highest BCUT2D eigenvalue weighted by Gasteiger charge is 2.04. The first-order chi connectivity index (χ1) is 15.2. The van der Waals surface area contributed by atoms with Gasteiger partial charge in [-0.25, -0.2) is 5.43 Å². The maximum absolute atomic E-state index is 12.0. The standard InChI is InChI=1S/C26H23N3O2/c1-20-16-21(18-29(20)24-10-6-3-7-11-24)17-27-28-26(30)19-31-25-14-12-23(13-15-25)22-8-4-2-5-9-22/h2-18H,19H2,1H3,(H,28,30)/b27-17+. The van der Waals surface area contributed by atoms with E-state index in [4.69, 9.17) is 4.74 Å². The number of benzene rings is 3. The van der Waals surface area contributed by atoms with E-state index < -0.39 is 0 Å². The average molecular weight is 409 g/mol. The van der Waals surface area contributed by atoms with Gasteiger partial charge in [0.15, 0.2) is 6.61 Å². The van der Waals surface area contributed by atoms with Gasteiger partial charge < -0.3 is 9.30 Å². The van der Waals surface area contributed by atoms with Crippen molar-refractivity contribution in [3.8, 4) is 22.6 Å². The van der Waals surface area contributed by atoms with Crippen molar-refractivity contribution in [2.45, 2.75) is 6.92 Å². The van der Waals surface area contributed by atoms with Gasteiger partial charge in [-0.1, -0.05) is 60.7 Å². The summed E-state index contributed by atoms with van der Waals surface area (Å²) in [7, 11) is 0. The van der Waals surface area contributed by atoms with Gasteiger partial charge in [-0.3, -0.25) is 4.79 Å². The van der Waals surface area contributed by atoms with Gasteiger partial charge in [0.05, 0.1) is 6.21 Å². The predicted molar refractivity (Wildman–Crippen MR) is 124 cm³/mol. The van der Waals surface area contributed by atoms with Crippen LogP contribution < -0.4 is 10.2 Å². The monoisotopic (exact) mass is 409 g/mol. The summed E-state index contributed by atoms with van der Waals surface area (Å²) in [6, 6.07) is 29.8. The van der Waals surface area contributed by atoms with Gasteiger partial charge in [-0.2, -0.15) is 5.10 Å². The first-order valence-corrected chi connectivity index (χ1v) is 10.0. The van der Waals surface area contributed by atoms with Crippen molar-refractivity contribution in [1.82, 2.24) is 9.99 Å². The van der Waals surface area contributed by atoms with E-state index in [1.54, 1.807) is 6.21 Å². The highest BCUT2D eigenvalue weighted by atomic mass is 16.5. The minimum atomic E-state index is -0.317. The molecule has 1 aromatic heterocycles. The van der Waals surface area contributed by atoms with Gasteiger partial charge in [0.25, 0.3) is 5.91 Å². The Labute approximate surface area is 181 Å². The maximum Gasteiger partial charge on any atom is 0.277 e. The summed E-state index contributed by atoms with van der Waals surface area (Å²) < 4.78 is 7.63. The van der Waals surface area contributed by atoms with Crippen LogP contribution in [0, 0.1) is 6.92 Å². The number of amides is 1. The van der Waals surface area contributed by atoms with Crippen molar-refractivity contribution < 1.29 is 9.53 Å². The molecule has 0 aliphatic heterocycles. The Morgan fingerprint density at radius 1 is 0.935 bits per heavy atom. The third kappa shape index (κ3) is 5.28. The van der Waals surface area contributed by atoms with Crippen LogP contribution >= 0.6 is 0 Å². The second-order valence-corrected chi connectivity index (χ2v) is 7.09. The molecule has 5 heteroatoms. The summed E-state index contributed by atoms with van der Waals surface area (Å²) >= 11 is 0. The summed E-state index contributed by atoms with van der Waals surface area (Å²) in [5, 5.41) is 4.04. The van der Waals surface area contributed by atoms with E-state index >= 15 is 0 Å². The third-order valence-electron chi connectivity index (χ3n) is 4.80. The van der Waals surface area contributed by atoms with Gasteiger partial charge in [0.2, 0.25) is 0 Å². The molecule has 1 N–H and O–H groups in total. The summed E-state index contributed by atoms with van der Waals surface area (Å²) in [5.74, 6) is 0.317. The number of hydrogen-bond donors (Lipinski definition) is 1. The second-order valence-electron chi connectivity index (χ2n) is 7.09. The van der Waals surface area contributed by atoms with Gasteiger partial charge >= 0.3 is 0 Å². The Bertz CT molecular complexity index is 1160. The van der Waals surface area contributed by atoms with Crippen LogP contribution in [0.2, 0.25) is 0 Å². The fourth-order valence-electron chi connectivity index (χ4n) is 3.27. The molecule has 0 saturated carbocycles. The van der Waals surface area contributed by atoms with Gasteiger partial charge in [-0.15, -0.1) is 0 Å². The quantitative estimate of drug-likeness (QED) is 0.346. The summed E-state index contributed by atoms with van der Waals surface area (Å²) in [6.45, 7) is 1.92. The van der Waals surface area contributed by atoms with Crippen molar-refractivity contribution in [2.24, 2.45) is 5.10 Å². The molecule has 4 rings (SSSR count). The average Bonchev–Trinajstić information content (AvgIpc) is 3.19. The smallest absolute Gasteiger partial charge is 0.277 e. The Hall–Kier alpha value is -4.12. The fraction of sp³-hybridized carbons (Fsp3) is 0.0769. The number of ether oxygens (including phenoxy) is 1. The first kappa shape index (κ1) is 20.2. The zero-order chi connectivity index (χ0) is 21.5. The number of hydrazone groups is 1. The molecule has 0 aliphatic rings. The van der Waals surface area contributed by atoms with Crippen LogP contribution in [0.5, 0.6) is 5.75 Å². The molecule has 31 heavy (non-hydrogen) atoms. The summed E-state index contributed by atoms with van der Waals surface area (Å²) in [5.41, 5.74) is 7.80. The number of nitrogens with zero attached hydrogens (tertiary/aromatic N) is 2. The Balaban J connectivity index is 1.28. The molecule has 0 atom stereocenters. The lowest BCUT2D eigenvalue weighted by Gasteiger charge is -2.06. The van der Waals surface area contributed by atoms with Crippen LogP contribution in [0.4, 0.5) is 0 Å². The summed E-state index contributed by atoms with van der Waals surface area (Å²) in [4.78, 5) is 12.0. The predicted octanol–water partition coefficient (Wildman–Crippen LogP) is 4.98. The van der Waals surface area contributed by atoms with Crippen LogP contribution in [-0.4, -0.2) is 23.3 Å². The number of aromatic nitrogens is 1. The van der Waals surface area contributed by atoms with Crippen LogP contribution in [-0.2, 0) is 4.79 Å². The highest BCUT2D eigenvalue weighted by Crippen LogP contribution is 2.22. The molecule has 0 bridgehead atoms. The van der Waals surface area contributed by atoms with Gasteiger partial charge in [0.1, 0.15) is 5.75 Å². The molecule has 0 radical (unpaired) electrons. The Morgan fingerprint density at radius 3 is 2.29 bits per heavy atom. The molecule has 0 aliphatic carbocycles. The molecule has 0 unspecified atom stereocenters. The SMILES string of the molecule is Cc1cc(/C=N/NC(=O)COc2ccc(-c3ccccc3)cc2)cn1-c1ccccc1. The molecular formula is C26H23N3O2. The van der Waals surface area contributed by atoms with E-state index in [2.05, 4.69) is 27.2 Å². The van der Waals surface area contributed by atoms with Crippen LogP contribution in [0.25, 0.3) is 16.8 Å². The molecule has 1 heterocycles. The lowest BCUT2D eigenvalue weighted by atomic mass is 10.1. The van der Waals surface area contributed by atoms with E-state index in [9.17, 15) is 4.79 Å². The maximum atomic E-state index is 12.0. The second kappa shape index (κ2) is 9.59. The number of carbonyl (C=O) groups is 1. The van der Waals surface area contributed by atoms with Crippen LogP contribution in [0.1, 0.15) is 11.3 Å². The van der Waals surface area contributed by atoms with E-state index in [-0.39, 0.29) is 12.5 Å². The molecule has 154 valence electrons. The zero-order valence-corrected chi connectivity index (χ0v) is 17.2. The van der Waals surface area contributed by atoms with Crippen molar-refractivity contribution in [3.05, 3.63) is 108 Å². The molecule has 1 amide bonds. The van der Waals surface area contributed by atoms with Crippen molar-refractivity contribution >= 4 is 12.1 Å². The van der Waals surface area contributed by atoms with Crippen LogP contribution in [0.15, 0.2) is 102 Å². The normalized spacial score (nSPS) is 10.9. The molecule has 0 saturated heterocycles. The molecule has 3 aromatic carbocycles. The Morgan fingerprint density at radius 2 is 1.58 bits per heavy atom. The zero-order valence-electron chi connectivity index (χ0n) is 17.2. The van der Waals surface area contributed by atoms with Gasteiger partial charge in [0, 0.05) is 23.1 Å². The molecule has 5 nitrogen and oxygen atoms in total. The van der Waals surface area contributed by atoms with E-state index in [0.29, 0.717) is 5.75 Å². The van der Waals surface area contributed by atoms with Crippen molar-refractivity contribution in [3.63, 3.8) is 0 Å². The van der Waals surface area contributed by atoms with E-state index in [1.807, 2.05) is 92.0 Å². The lowest BCUT2D eigenvalue weighted by Crippen LogP contribution is -2.24. The number of rotatable bonds is 7. The van der Waals surface area contributed by atoms with Crippen LogP contribution in [0.3, 0.4) is 0 Å². The number of nitrogens with one attached hydrogen (secondary N) is 1. The minimum absolute atomic E-state index is 0.105. The Kier molecular flexibility index (Phi) is 6.24. The van der Waals surface area contributed by atoms with Crippen molar-refractivity contribution in [2.75, 3.05) is 6.61 Å². The lowest BCUT2D eigenvalue weighted by molar-refractivity contribution is -0.123. The number of para-hydroxylation sites is 1.